The summed E-state index contributed by atoms with van der Waals surface area (Å²) in [4.78, 5) is 2.33. The van der Waals surface area contributed by atoms with Crippen molar-refractivity contribution in [3.63, 3.8) is 0 Å². The molecule has 8 aromatic carbocycles. The molecular formula is C42H25NO2. The van der Waals surface area contributed by atoms with Crippen LogP contribution in [-0.2, 0) is 0 Å². The zero-order valence-electron chi connectivity index (χ0n) is 24.2. The first-order chi connectivity index (χ1) is 22.3. The van der Waals surface area contributed by atoms with Crippen LogP contribution in [0.3, 0.4) is 0 Å². The Morgan fingerprint density at radius 3 is 1.76 bits per heavy atom. The zero-order chi connectivity index (χ0) is 29.5. The Hall–Kier alpha value is -6.06. The number of hydrogen-bond donors (Lipinski definition) is 0. The Labute approximate surface area is 258 Å². The van der Waals surface area contributed by atoms with Crippen LogP contribution in [-0.4, -0.2) is 0 Å². The smallest absolute Gasteiger partial charge is 0.159 e. The Bertz CT molecular complexity index is 2780. The van der Waals surface area contributed by atoms with Crippen molar-refractivity contribution >= 4 is 93.3 Å². The van der Waals surface area contributed by atoms with E-state index in [1.807, 2.05) is 24.3 Å². The second-order valence-corrected chi connectivity index (χ2v) is 11.7. The van der Waals surface area contributed by atoms with Gasteiger partial charge in [0.25, 0.3) is 0 Å². The summed E-state index contributed by atoms with van der Waals surface area (Å²) in [5.74, 6) is 0. The lowest BCUT2D eigenvalue weighted by Gasteiger charge is -2.27. The van der Waals surface area contributed by atoms with E-state index in [1.165, 1.54) is 26.9 Å². The maximum Gasteiger partial charge on any atom is 0.159 e. The van der Waals surface area contributed by atoms with Gasteiger partial charge in [-0.05, 0) is 63.3 Å². The van der Waals surface area contributed by atoms with Gasteiger partial charge in [-0.2, -0.15) is 0 Å². The maximum absolute atomic E-state index is 6.61. The highest BCUT2D eigenvalue weighted by molar-refractivity contribution is 6.20. The second kappa shape index (κ2) is 9.22. The van der Waals surface area contributed by atoms with Gasteiger partial charge in [0.2, 0.25) is 0 Å². The van der Waals surface area contributed by atoms with E-state index in [0.717, 1.165) is 66.3 Å². The van der Waals surface area contributed by atoms with Crippen molar-refractivity contribution in [2.24, 2.45) is 0 Å². The van der Waals surface area contributed by atoms with Crippen LogP contribution in [0.5, 0.6) is 0 Å². The Morgan fingerprint density at radius 2 is 0.889 bits per heavy atom. The molecule has 3 nitrogen and oxygen atoms in total. The molecule has 0 saturated carbocycles. The van der Waals surface area contributed by atoms with Gasteiger partial charge in [0.05, 0.1) is 17.1 Å². The summed E-state index contributed by atoms with van der Waals surface area (Å²) >= 11 is 0. The normalized spacial score (nSPS) is 12.0. The van der Waals surface area contributed by atoms with E-state index in [9.17, 15) is 0 Å². The zero-order valence-corrected chi connectivity index (χ0v) is 24.2. The first kappa shape index (κ1) is 24.4. The fourth-order valence-electron chi connectivity index (χ4n) is 7.20. The summed E-state index contributed by atoms with van der Waals surface area (Å²) < 4.78 is 13.0. The lowest BCUT2D eigenvalue weighted by molar-refractivity contribution is 0.667. The average Bonchev–Trinajstić information content (AvgIpc) is 3.67. The Kier molecular flexibility index (Phi) is 5.00. The van der Waals surface area contributed by atoms with Gasteiger partial charge in [-0.25, -0.2) is 0 Å². The van der Waals surface area contributed by atoms with E-state index in [-0.39, 0.29) is 0 Å². The van der Waals surface area contributed by atoms with Gasteiger partial charge in [0, 0.05) is 33.0 Å². The topological polar surface area (TPSA) is 29.5 Å². The molecule has 0 amide bonds. The van der Waals surface area contributed by atoms with Crippen LogP contribution in [0.25, 0.3) is 76.2 Å². The fraction of sp³-hybridized carbons (Fsp3) is 0. The summed E-state index contributed by atoms with van der Waals surface area (Å²) in [6, 6.07) is 53.7. The number of rotatable bonds is 3. The van der Waals surface area contributed by atoms with Crippen LogP contribution in [0.2, 0.25) is 0 Å². The molecule has 45 heavy (non-hydrogen) atoms. The van der Waals surface area contributed by atoms with Gasteiger partial charge in [-0.1, -0.05) is 109 Å². The third-order valence-electron chi connectivity index (χ3n) is 9.25. The molecule has 0 fully saturated rings. The Balaban J connectivity index is 1.29. The van der Waals surface area contributed by atoms with Crippen LogP contribution in [0.1, 0.15) is 0 Å². The lowest BCUT2D eigenvalue weighted by atomic mass is 9.96. The van der Waals surface area contributed by atoms with Crippen molar-refractivity contribution in [3.8, 4) is 0 Å². The molecule has 0 radical (unpaired) electrons. The Morgan fingerprint density at radius 1 is 0.333 bits per heavy atom. The number of para-hydroxylation sites is 3. The monoisotopic (exact) mass is 575 g/mol. The molecule has 0 saturated heterocycles. The molecule has 2 aromatic heterocycles. The van der Waals surface area contributed by atoms with E-state index in [1.54, 1.807) is 0 Å². The highest BCUT2D eigenvalue weighted by Gasteiger charge is 2.22. The number of furan rings is 2. The average molecular weight is 576 g/mol. The number of nitrogens with zero attached hydrogens (tertiary/aromatic N) is 1. The van der Waals surface area contributed by atoms with Crippen LogP contribution < -0.4 is 4.90 Å². The molecule has 0 aliphatic heterocycles. The van der Waals surface area contributed by atoms with E-state index < -0.39 is 0 Å². The molecule has 0 aliphatic rings. The highest BCUT2D eigenvalue weighted by Crippen LogP contribution is 2.46. The molecular weight excluding hydrogens is 550 g/mol. The van der Waals surface area contributed by atoms with Gasteiger partial charge >= 0.3 is 0 Å². The first-order valence-corrected chi connectivity index (χ1v) is 15.3. The molecule has 0 atom stereocenters. The summed E-state index contributed by atoms with van der Waals surface area (Å²) in [7, 11) is 0. The number of fused-ring (bicyclic) bond motifs is 11. The third kappa shape index (κ3) is 3.52. The maximum atomic E-state index is 6.61. The quantitative estimate of drug-likeness (QED) is 0.196. The molecule has 3 heteroatoms. The minimum Gasteiger partial charge on any atom is -0.456 e. The molecule has 10 aromatic rings. The predicted octanol–water partition coefficient (Wildman–Crippen LogP) is 12.4. The number of hydrogen-bond acceptors (Lipinski definition) is 3. The van der Waals surface area contributed by atoms with Crippen molar-refractivity contribution < 1.29 is 8.83 Å². The molecule has 0 unspecified atom stereocenters. The van der Waals surface area contributed by atoms with Gasteiger partial charge in [-0.15, -0.1) is 0 Å². The van der Waals surface area contributed by atoms with Crippen molar-refractivity contribution in [2.45, 2.75) is 0 Å². The van der Waals surface area contributed by atoms with E-state index >= 15 is 0 Å². The number of anilines is 3. The third-order valence-corrected chi connectivity index (χ3v) is 9.25. The fourth-order valence-corrected chi connectivity index (χ4v) is 7.20. The predicted molar refractivity (Wildman–Crippen MR) is 188 cm³/mol. The van der Waals surface area contributed by atoms with E-state index in [4.69, 9.17) is 8.83 Å². The van der Waals surface area contributed by atoms with Crippen LogP contribution >= 0.6 is 0 Å². The van der Waals surface area contributed by atoms with Gasteiger partial charge in [0.15, 0.2) is 5.58 Å². The van der Waals surface area contributed by atoms with Gasteiger partial charge in [0.1, 0.15) is 16.7 Å². The molecule has 210 valence electrons. The van der Waals surface area contributed by atoms with Crippen molar-refractivity contribution in [3.05, 3.63) is 152 Å². The summed E-state index contributed by atoms with van der Waals surface area (Å²) in [5.41, 5.74) is 6.53. The molecule has 2 heterocycles. The molecule has 0 bridgehead atoms. The first-order valence-electron chi connectivity index (χ1n) is 15.3. The highest BCUT2D eigenvalue weighted by atomic mass is 16.3. The van der Waals surface area contributed by atoms with Crippen molar-refractivity contribution in [1.82, 2.24) is 0 Å². The standard InChI is InChI=1S/C42H25NO2/c1-2-10-28-26(9-1)19-21-31-29-13-7-15-37(32(29)24-23-30(28)31)43(27-20-22-35-33-11-3-5-17-39(33)44-41(35)25-27)38-16-8-14-36-34-12-4-6-18-40(34)45-42(36)38/h1-25H. The molecule has 0 spiro atoms. The largest absolute Gasteiger partial charge is 0.456 e. The van der Waals surface area contributed by atoms with Gasteiger partial charge < -0.3 is 13.7 Å². The second-order valence-electron chi connectivity index (χ2n) is 11.7. The summed E-state index contributed by atoms with van der Waals surface area (Å²) in [6.45, 7) is 0. The molecule has 0 aliphatic carbocycles. The van der Waals surface area contributed by atoms with Crippen LogP contribution in [0, 0.1) is 0 Å². The minimum absolute atomic E-state index is 0.854. The summed E-state index contributed by atoms with van der Waals surface area (Å²) in [6.07, 6.45) is 0. The van der Waals surface area contributed by atoms with Crippen LogP contribution in [0.4, 0.5) is 17.1 Å². The van der Waals surface area contributed by atoms with E-state index in [2.05, 4.69) is 132 Å². The molecule has 10 rings (SSSR count). The minimum atomic E-state index is 0.854. The lowest BCUT2D eigenvalue weighted by Crippen LogP contribution is -2.10. The van der Waals surface area contributed by atoms with Crippen molar-refractivity contribution in [2.75, 3.05) is 4.90 Å². The van der Waals surface area contributed by atoms with E-state index in [0.29, 0.717) is 0 Å². The SMILES string of the molecule is c1ccc2c(c1)ccc1c3cccc(N(c4ccc5c(c4)oc4ccccc45)c4cccc5c4oc4ccccc45)c3ccc21. The summed E-state index contributed by atoms with van der Waals surface area (Å²) in [5, 5.41) is 11.8. The van der Waals surface area contributed by atoms with Gasteiger partial charge in [-0.3, -0.25) is 0 Å². The molecule has 0 N–H and O–H groups in total. The number of benzene rings is 8. The van der Waals surface area contributed by atoms with Crippen molar-refractivity contribution in [1.29, 1.82) is 0 Å². The van der Waals surface area contributed by atoms with Crippen LogP contribution in [0.15, 0.2) is 160 Å².